The van der Waals surface area contributed by atoms with Crippen molar-refractivity contribution in [3.63, 3.8) is 0 Å². The average molecular weight is 307 g/mol. The van der Waals surface area contributed by atoms with E-state index in [1.807, 2.05) is 36.2 Å². The Morgan fingerprint density at radius 1 is 1.22 bits per heavy atom. The number of aliphatic hydroxyl groups is 1. The average Bonchev–Trinajstić information content (AvgIpc) is 2.41. The lowest BCUT2D eigenvalue weighted by Crippen LogP contribution is -2.19. The summed E-state index contributed by atoms with van der Waals surface area (Å²) >= 11 is 3.42. The Bertz CT molecular complexity index is 513. The molecule has 0 aliphatic heterocycles. The van der Waals surface area contributed by atoms with E-state index < -0.39 is 0 Å². The van der Waals surface area contributed by atoms with Gasteiger partial charge >= 0.3 is 0 Å². The summed E-state index contributed by atoms with van der Waals surface area (Å²) in [6.45, 7) is 0.769. The predicted octanol–water partition coefficient (Wildman–Crippen LogP) is 2.97. The molecule has 0 saturated heterocycles. The van der Waals surface area contributed by atoms with Gasteiger partial charge in [0.15, 0.2) is 0 Å². The molecule has 2 aromatic rings. The third-order valence-corrected chi connectivity index (χ3v) is 3.26. The van der Waals surface area contributed by atoms with Crippen molar-refractivity contribution in [1.82, 2.24) is 4.98 Å². The molecule has 2 rings (SSSR count). The van der Waals surface area contributed by atoms with Crippen LogP contribution in [0, 0.1) is 0 Å². The number of nitrogens with zero attached hydrogens (tertiary/aromatic N) is 2. The molecular formula is C14H15BrN2O. The van der Waals surface area contributed by atoms with Crippen LogP contribution in [-0.2, 0) is 13.2 Å². The fourth-order valence-electron chi connectivity index (χ4n) is 1.84. The molecule has 18 heavy (non-hydrogen) atoms. The minimum absolute atomic E-state index is 0.00779. The Hall–Kier alpha value is -1.39. The van der Waals surface area contributed by atoms with Gasteiger partial charge in [-0.15, -0.1) is 0 Å². The number of aromatic nitrogens is 1. The molecule has 0 fully saturated rings. The zero-order valence-electron chi connectivity index (χ0n) is 10.2. The fraction of sp³-hybridized carbons (Fsp3) is 0.214. The van der Waals surface area contributed by atoms with Crippen LogP contribution < -0.4 is 4.90 Å². The molecule has 1 heterocycles. The van der Waals surface area contributed by atoms with E-state index in [0.717, 1.165) is 22.4 Å². The molecule has 94 valence electrons. The largest absolute Gasteiger partial charge is 0.392 e. The minimum Gasteiger partial charge on any atom is -0.392 e. The zero-order valence-corrected chi connectivity index (χ0v) is 11.8. The van der Waals surface area contributed by atoms with Crippen LogP contribution in [0.2, 0.25) is 0 Å². The first-order valence-electron chi connectivity index (χ1n) is 5.71. The van der Waals surface area contributed by atoms with Gasteiger partial charge in [-0.05, 0) is 23.8 Å². The van der Waals surface area contributed by atoms with Gasteiger partial charge in [0.2, 0.25) is 0 Å². The molecular weight excluding hydrogens is 292 g/mol. The molecule has 0 radical (unpaired) electrons. The SMILES string of the molecule is CN(Cc1ccc(Br)cc1)c1ncccc1CO. The number of halogens is 1. The predicted molar refractivity (Wildman–Crippen MR) is 76.4 cm³/mol. The van der Waals surface area contributed by atoms with Gasteiger partial charge in [-0.1, -0.05) is 34.1 Å². The van der Waals surface area contributed by atoms with Crippen molar-refractivity contribution >= 4 is 21.7 Å². The van der Waals surface area contributed by atoms with E-state index in [-0.39, 0.29) is 6.61 Å². The molecule has 0 bridgehead atoms. The Morgan fingerprint density at radius 3 is 2.61 bits per heavy atom. The van der Waals surface area contributed by atoms with Gasteiger partial charge in [-0.25, -0.2) is 4.98 Å². The molecule has 0 atom stereocenters. The first-order chi connectivity index (χ1) is 8.70. The topological polar surface area (TPSA) is 36.4 Å². The lowest BCUT2D eigenvalue weighted by atomic mass is 10.2. The van der Waals surface area contributed by atoms with E-state index in [2.05, 4.69) is 33.0 Å². The third-order valence-electron chi connectivity index (χ3n) is 2.73. The van der Waals surface area contributed by atoms with Gasteiger partial charge < -0.3 is 10.0 Å². The van der Waals surface area contributed by atoms with Crippen molar-refractivity contribution in [2.75, 3.05) is 11.9 Å². The van der Waals surface area contributed by atoms with Crippen LogP contribution >= 0.6 is 15.9 Å². The monoisotopic (exact) mass is 306 g/mol. The molecule has 0 aliphatic carbocycles. The van der Waals surface area contributed by atoms with Crippen LogP contribution in [0.3, 0.4) is 0 Å². The number of rotatable bonds is 4. The van der Waals surface area contributed by atoms with E-state index in [9.17, 15) is 5.11 Å². The molecule has 0 unspecified atom stereocenters. The second-order valence-corrected chi connectivity index (χ2v) is 5.04. The van der Waals surface area contributed by atoms with Gasteiger partial charge in [-0.2, -0.15) is 0 Å². The second-order valence-electron chi connectivity index (χ2n) is 4.13. The number of hydrogen-bond acceptors (Lipinski definition) is 3. The van der Waals surface area contributed by atoms with Crippen molar-refractivity contribution in [1.29, 1.82) is 0 Å². The van der Waals surface area contributed by atoms with Crippen LogP contribution in [-0.4, -0.2) is 17.1 Å². The molecule has 1 aromatic heterocycles. The Kier molecular flexibility index (Phi) is 4.33. The third kappa shape index (κ3) is 3.09. The van der Waals surface area contributed by atoms with Crippen molar-refractivity contribution in [3.8, 4) is 0 Å². The van der Waals surface area contributed by atoms with Crippen molar-refractivity contribution in [3.05, 3.63) is 58.2 Å². The summed E-state index contributed by atoms with van der Waals surface area (Å²) in [5.74, 6) is 0.822. The Labute approximate surface area is 115 Å². The normalized spacial score (nSPS) is 10.4. The maximum absolute atomic E-state index is 9.30. The lowest BCUT2D eigenvalue weighted by Gasteiger charge is -2.20. The summed E-state index contributed by atoms with van der Waals surface area (Å²) in [7, 11) is 1.98. The molecule has 1 aromatic carbocycles. The van der Waals surface area contributed by atoms with Crippen LogP contribution in [0.25, 0.3) is 0 Å². The van der Waals surface area contributed by atoms with Crippen LogP contribution in [0.4, 0.5) is 5.82 Å². The number of pyridine rings is 1. The Morgan fingerprint density at radius 2 is 1.94 bits per heavy atom. The number of aliphatic hydroxyl groups excluding tert-OH is 1. The van der Waals surface area contributed by atoms with Crippen LogP contribution in [0.5, 0.6) is 0 Å². The summed E-state index contributed by atoms with van der Waals surface area (Å²) in [4.78, 5) is 6.36. The number of anilines is 1. The highest BCUT2D eigenvalue weighted by Gasteiger charge is 2.08. The first-order valence-corrected chi connectivity index (χ1v) is 6.50. The van der Waals surface area contributed by atoms with Crippen molar-refractivity contribution in [2.24, 2.45) is 0 Å². The van der Waals surface area contributed by atoms with Gasteiger partial charge in [0.1, 0.15) is 5.82 Å². The van der Waals surface area contributed by atoms with Gasteiger partial charge in [0, 0.05) is 29.8 Å². The van der Waals surface area contributed by atoms with E-state index >= 15 is 0 Å². The second kappa shape index (κ2) is 5.98. The lowest BCUT2D eigenvalue weighted by molar-refractivity contribution is 0.281. The zero-order chi connectivity index (χ0) is 13.0. The van der Waals surface area contributed by atoms with E-state index in [1.165, 1.54) is 5.56 Å². The van der Waals surface area contributed by atoms with Gasteiger partial charge in [0.05, 0.1) is 6.61 Å². The summed E-state index contributed by atoms with van der Waals surface area (Å²) < 4.78 is 1.07. The summed E-state index contributed by atoms with van der Waals surface area (Å²) in [6, 6.07) is 11.9. The molecule has 1 N–H and O–H groups in total. The van der Waals surface area contributed by atoms with Crippen molar-refractivity contribution in [2.45, 2.75) is 13.2 Å². The van der Waals surface area contributed by atoms with E-state index in [4.69, 9.17) is 0 Å². The standard InChI is InChI=1S/C14H15BrN2O/c1-17(9-11-4-6-13(15)7-5-11)14-12(10-18)3-2-8-16-14/h2-8,18H,9-10H2,1H3. The minimum atomic E-state index is 0.00779. The molecule has 0 amide bonds. The summed E-state index contributed by atoms with van der Waals surface area (Å²) in [5.41, 5.74) is 2.05. The molecule has 3 nitrogen and oxygen atoms in total. The summed E-state index contributed by atoms with van der Waals surface area (Å²) in [5, 5.41) is 9.30. The molecule has 0 spiro atoms. The van der Waals surface area contributed by atoms with Crippen molar-refractivity contribution < 1.29 is 5.11 Å². The molecule has 0 saturated carbocycles. The molecule has 4 heteroatoms. The summed E-state index contributed by atoms with van der Waals surface area (Å²) in [6.07, 6.45) is 1.74. The maximum Gasteiger partial charge on any atom is 0.134 e. The van der Waals surface area contributed by atoms with Gasteiger partial charge in [-0.3, -0.25) is 0 Å². The van der Waals surface area contributed by atoms with E-state index in [1.54, 1.807) is 6.20 Å². The molecule has 0 aliphatic rings. The number of hydrogen-bond donors (Lipinski definition) is 1. The fourth-order valence-corrected chi connectivity index (χ4v) is 2.10. The maximum atomic E-state index is 9.30. The quantitative estimate of drug-likeness (QED) is 0.943. The van der Waals surface area contributed by atoms with E-state index in [0.29, 0.717) is 0 Å². The highest BCUT2D eigenvalue weighted by molar-refractivity contribution is 9.10. The number of benzene rings is 1. The highest BCUT2D eigenvalue weighted by Crippen LogP contribution is 2.19. The van der Waals surface area contributed by atoms with Gasteiger partial charge in [0.25, 0.3) is 0 Å². The highest BCUT2D eigenvalue weighted by atomic mass is 79.9. The first kappa shape index (κ1) is 13.1. The van der Waals surface area contributed by atoms with Crippen LogP contribution in [0.1, 0.15) is 11.1 Å². The smallest absolute Gasteiger partial charge is 0.134 e. The van der Waals surface area contributed by atoms with Crippen LogP contribution in [0.15, 0.2) is 47.1 Å². The Balaban J connectivity index is 2.16.